The number of carbonyl (C=O) groups is 2. The van der Waals surface area contributed by atoms with E-state index >= 15 is 0 Å². The van der Waals surface area contributed by atoms with Gasteiger partial charge >= 0.3 is 6.03 Å². The smallest absolute Gasteiger partial charge is 0.324 e. The lowest BCUT2D eigenvalue weighted by atomic mass is 10.1. The van der Waals surface area contributed by atoms with E-state index in [-0.39, 0.29) is 67.0 Å². The van der Waals surface area contributed by atoms with Gasteiger partial charge in [0.2, 0.25) is 5.91 Å². The van der Waals surface area contributed by atoms with Crippen molar-refractivity contribution in [2.75, 3.05) is 39.3 Å². The van der Waals surface area contributed by atoms with Crippen LogP contribution in [0.1, 0.15) is 25.5 Å². The molecule has 3 rings (SSSR count). The lowest BCUT2D eigenvalue weighted by Crippen LogP contribution is -2.51. The van der Waals surface area contributed by atoms with Gasteiger partial charge in [-0.3, -0.25) is 14.7 Å². The van der Waals surface area contributed by atoms with Gasteiger partial charge in [-0.05, 0) is 31.5 Å². The van der Waals surface area contributed by atoms with Crippen molar-refractivity contribution in [3.8, 4) is 0 Å². The summed E-state index contributed by atoms with van der Waals surface area (Å²) in [5, 5.41) is 5.76. The zero-order chi connectivity index (χ0) is 20.1. The number of carbonyl (C=O) groups excluding carboxylic acids is 2. The van der Waals surface area contributed by atoms with Gasteiger partial charge in [0.25, 0.3) is 0 Å². The summed E-state index contributed by atoms with van der Waals surface area (Å²) in [7, 11) is 0. The summed E-state index contributed by atoms with van der Waals surface area (Å²) in [6, 6.07) is 5.95. The van der Waals surface area contributed by atoms with Crippen LogP contribution in [-0.4, -0.2) is 73.1 Å². The number of urea groups is 1. The normalized spacial score (nSPS) is 22.4. The van der Waals surface area contributed by atoms with Crippen LogP contribution in [0.3, 0.4) is 0 Å². The van der Waals surface area contributed by atoms with E-state index in [9.17, 15) is 14.0 Å². The van der Waals surface area contributed by atoms with Crippen LogP contribution in [-0.2, 0) is 9.53 Å². The number of guanidine groups is 1. The number of morpholine rings is 1. The summed E-state index contributed by atoms with van der Waals surface area (Å²) in [5.74, 6) is 0.193. The SMILES string of the molecule is CCNC(=NCCN1C(=O)CNC1=O)N1CC(C)OC(c2ccc(F)cc2)C1.I. The number of hydrogen-bond acceptors (Lipinski definition) is 4. The number of imide groups is 1. The van der Waals surface area contributed by atoms with E-state index in [0.29, 0.717) is 32.1 Å². The number of nitrogens with zero attached hydrogens (tertiary/aromatic N) is 3. The third kappa shape index (κ3) is 6.01. The third-order valence-corrected chi connectivity index (χ3v) is 4.66. The summed E-state index contributed by atoms with van der Waals surface area (Å²) >= 11 is 0. The predicted molar refractivity (Wildman–Crippen MR) is 118 cm³/mol. The molecule has 2 unspecified atom stereocenters. The molecule has 29 heavy (non-hydrogen) atoms. The third-order valence-electron chi connectivity index (χ3n) is 4.66. The van der Waals surface area contributed by atoms with Crippen LogP contribution in [0.4, 0.5) is 9.18 Å². The molecule has 0 spiro atoms. The maximum absolute atomic E-state index is 13.2. The van der Waals surface area contributed by atoms with Crippen LogP contribution in [0.5, 0.6) is 0 Å². The van der Waals surface area contributed by atoms with E-state index < -0.39 is 0 Å². The molecule has 160 valence electrons. The fourth-order valence-corrected chi connectivity index (χ4v) is 3.35. The number of benzene rings is 1. The molecule has 8 nitrogen and oxygen atoms in total. The Morgan fingerprint density at radius 2 is 2.03 bits per heavy atom. The van der Waals surface area contributed by atoms with E-state index in [1.807, 2.05) is 13.8 Å². The van der Waals surface area contributed by atoms with E-state index in [4.69, 9.17) is 4.74 Å². The highest BCUT2D eigenvalue weighted by atomic mass is 127. The van der Waals surface area contributed by atoms with Crippen molar-refractivity contribution in [2.24, 2.45) is 4.99 Å². The molecule has 3 amide bonds. The van der Waals surface area contributed by atoms with E-state index in [1.165, 1.54) is 17.0 Å². The molecular formula is C19H27FIN5O3. The quantitative estimate of drug-likeness (QED) is 0.268. The molecule has 0 saturated carbocycles. The average Bonchev–Trinajstić information content (AvgIpc) is 2.99. The minimum absolute atomic E-state index is 0. The largest absolute Gasteiger partial charge is 0.367 e. The van der Waals surface area contributed by atoms with Crippen molar-refractivity contribution in [2.45, 2.75) is 26.1 Å². The van der Waals surface area contributed by atoms with Crippen LogP contribution in [0.2, 0.25) is 0 Å². The monoisotopic (exact) mass is 519 g/mol. The molecule has 0 aliphatic carbocycles. The number of nitrogens with one attached hydrogen (secondary N) is 2. The molecule has 2 heterocycles. The van der Waals surface area contributed by atoms with Crippen molar-refractivity contribution in [3.05, 3.63) is 35.6 Å². The molecule has 0 aromatic heterocycles. The number of aliphatic imine (C=N–C) groups is 1. The van der Waals surface area contributed by atoms with E-state index in [0.717, 1.165) is 5.56 Å². The fraction of sp³-hybridized carbons (Fsp3) is 0.526. The summed E-state index contributed by atoms with van der Waals surface area (Å²) in [6.07, 6.45) is -0.224. The van der Waals surface area contributed by atoms with Crippen LogP contribution in [0.25, 0.3) is 0 Å². The van der Waals surface area contributed by atoms with E-state index in [1.54, 1.807) is 12.1 Å². The first kappa shape index (κ1) is 23.3. The molecule has 2 saturated heterocycles. The molecule has 2 atom stereocenters. The Labute approximate surface area is 186 Å². The first-order valence-corrected chi connectivity index (χ1v) is 9.50. The molecule has 2 N–H and O–H groups in total. The minimum atomic E-state index is -0.374. The van der Waals surface area contributed by atoms with Gasteiger partial charge in [0, 0.05) is 13.1 Å². The zero-order valence-corrected chi connectivity index (χ0v) is 18.9. The maximum atomic E-state index is 13.2. The van der Waals surface area contributed by atoms with Gasteiger partial charge in [-0.2, -0.15) is 0 Å². The van der Waals surface area contributed by atoms with Crippen LogP contribution < -0.4 is 10.6 Å². The Balaban J connectivity index is 0.00000300. The summed E-state index contributed by atoms with van der Waals surface area (Å²) in [6.45, 7) is 6.48. The van der Waals surface area contributed by atoms with Crippen molar-refractivity contribution in [1.82, 2.24) is 20.4 Å². The molecule has 0 radical (unpaired) electrons. The van der Waals surface area contributed by atoms with Gasteiger partial charge in [0.05, 0.1) is 32.3 Å². The molecule has 2 aliphatic heterocycles. The highest BCUT2D eigenvalue weighted by Gasteiger charge is 2.30. The highest BCUT2D eigenvalue weighted by Crippen LogP contribution is 2.25. The van der Waals surface area contributed by atoms with Crippen LogP contribution in [0, 0.1) is 5.82 Å². The summed E-state index contributed by atoms with van der Waals surface area (Å²) < 4.78 is 19.3. The summed E-state index contributed by atoms with van der Waals surface area (Å²) in [5.41, 5.74) is 0.910. The second kappa shape index (κ2) is 10.7. The molecule has 0 bridgehead atoms. The van der Waals surface area contributed by atoms with E-state index in [2.05, 4.69) is 20.5 Å². The van der Waals surface area contributed by atoms with Gasteiger partial charge in [-0.25, -0.2) is 9.18 Å². The number of hydrogen-bond donors (Lipinski definition) is 2. The Morgan fingerprint density at radius 1 is 1.31 bits per heavy atom. The zero-order valence-electron chi connectivity index (χ0n) is 16.6. The number of halogens is 2. The van der Waals surface area contributed by atoms with Gasteiger partial charge in [-0.15, -0.1) is 24.0 Å². The first-order chi connectivity index (χ1) is 13.5. The van der Waals surface area contributed by atoms with Gasteiger partial charge in [0.1, 0.15) is 11.9 Å². The molecule has 1 aromatic carbocycles. The molecule has 1 aromatic rings. The summed E-state index contributed by atoms with van der Waals surface area (Å²) in [4.78, 5) is 31.2. The van der Waals surface area contributed by atoms with Crippen LogP contribution in [0.15, 0.2) is 29.3 Å². The second-order valence-corrected chi connectivity index (χ2v) is 6.83. The van der Waals surface area contributed by atoms with Crippen LogP contribution >= 0.6 is 24.0 Å². The lowest BCUT2D eigenvalue weighted by molar-refractivity contribution is -0.124. The van der Waals surface area contributed by atoms with Gasteiger partial charge < -0.3 is 20.3 Å². The standard InChI is InChI=1S/C19H26FN5O3.HI/c1-3-21-18(22-8-9-25-17(26)10-23-19(25)27)24-11-13(2)28-16(12-24)14-4-6-15(20)7-5-14;/h4-7,13,16H,3,8-12H2,1-2H3,(H,21,22)(H,23,27);1H. The topological polar surface area (TPSA) is 86.3 Å². The minimum Gasteiger partial charge on any atom is -0.367 e. The Hall–Kier alpha value is -1.95. The van der Waals surface area contributed by atoms with Crippen molar-refractivity contribution < 1.29 is 18.7 Å². The molecule has 10 heteroatoms. The Bertz CT molecular complexity index is 730. The number of ether oxygens (including phenoxy) is 1. The Morgan fingerprint density at radius 3 is 2.66 bits per heavy atom. The van der Waals surface area contributed by atoms with Crippen molar-refractivity contribution in [3.63, 3.8) is 0 Å². The first-order valence-electron chi connectivity index (χ1n) is 9.50. The molecule has 2 fully saturated rings. The predicted octanol–water partition coefficient (Wildman–Crippen LogP) is 1.72. The molecule has 2 aliphatic rings. The van der Waals surface area contributed by atoms with Crippen molar-refractivity contribution >= 4 is 41.9 Å². The average molecular weight is 519 g/mol. The van der Waals surface area contributed by atoms with Gasteiger partial charge in [-0.1, -0.05) is 12.1 Å². The highest BCUT2D eigenvalue weighted by molar-refractivity contribution is 14.0. The maximum Gasteiger partial charge on any atom is 0.324 e. The second-order valence-electron chi connectivity index (χ2n) is 6.83. The number of rotatable bonds is 5. The fourth-order valence-electron chi connectivity index (χ4n) is 3.35. The molecular weight excluding hydrogens is 492 g/mol. The Kier molecular flexibility index (Phi) is 8.62. The van der Waals surface area contributed by atoms with Gasteiger partial charge in [0.15, 0.2) is 5.96 Å². The van der Waals surface area contributed by atoms with Crippen molar-refractivity contribution in [1.29, 1.82) is 0 Å². The number of amides is 3. The lowest BCUT2D eigenvalue weighted by Gasteiger charge is -2.38.